The number of fused-ring (bicyclic) bond motifs is 1. The molecule has 5 rings (SSSR count). The Morgan fingerprint density at radius 3 is 2.32 bits per heavy atom. The van der Waals surface area contributed by atoms with Gasteiger partial charge in [0.15, 0.2) is 0 Å². The number of anilines is 2. The molecule has 0 unspecified atom stereocenters. The third-order valence-electron chi connectivity index (χ3n) is 5.14. The minimum absolute atomic E-state index is 0.280. The molecular weight excluding hydrogens is 386 g/mol. The van der Waals surface area contributed by atoms with Gasteiger partial charge in [0.2, 0.25) is 0 Å². The third-order valence-corrected chi connectivity index (χ3v) is 5.14. The van der Waals surface area contributed by atoms with Gasteiger partial charge in [-0.1, -0.05) is 48.5 Å². The first kappa shape index (κ1) is 18.6. The summed E-state index contributed by atoms with van der Waals surface area (Å²) < 4.78 is 0. The molecule has 5 aromatic rings. The van der Waals surface area contributed by atoms with E-state index in [-0.39, 0.29) is 5.56 Å². The second-order valence-electron chi connectivity index (χ2n) is 7.27. The summed E-state index contributed by atoms with van der Waals surface area (Å²) in [6.45, 7) is 0. The zero-order chi connectivity index (χ0) is 21.2. The lowest BCUT2D eigenvalue weighted by atomic mass is 10.0. The normalized spacial score (nSPS) is 10.8. The minimum atomic E-state index is -0.926. The van der Waals surface area contributed by atoms with Crippen molar-refractivity contribution in [1.29, 1.82) is 0 Å². The molecule has 1 aromatic heterocycles. The molecule has 0 aliphatic carbocycles. The maximum Gasteiger partial charge on any atom is 0.335 e. The monoisotopic (exact) mass is 405 g/mol. The lowest BCUT2D eigenvalue weighted by Crippen LogP contribution is -1.95. The van der Waals surface area contributed by atoms with E-state index in [1.54, 1.807) is 18.2 Å². The molecule has 31 heavy (non-hydrogen) atoms. The number of hydrogen-bond acceptors (Lipinski definition) is 3. The van der Waals surface area contributed by atoms with E-state index in [1.807, 2.05) is 72.8 Å². The molecule has 3 N–H and O–H groups in total. The molecular formula is C26H19N3O2. The van der Waals surface area contributed by atoms with Crippen LogP contribution < -0.4 is 5.32 Å². The Morgan fingerprint density at radius 1 is 0.742 bits per heavy atom. The Bertz CT molecular complexity index is 1350. The number of rotatable bonds is 5. The van der Waals surface area contributed by atoms with Crippen molar-refractivity contribution in [1.82, 2.24) is 9.97 Å². The van der Waals surface area contributed by atoms with Gasteiger partial charge >= 0.3 is 5.97 Å². The molecule has 0 amide bonds. The number of carbonyl (C=O) groups is 1. The molecule has 4 aromatic carbocycles. The summed E-state index contributed by atoms with van der Waals surface area (Å²) in [6.07, 6.45) is 0. The predicted octanol–water partition coefficient (Wildman–Crippen LogP) is 6.34. The zero-order valence-electron chi connectivity index (χ0n) is 16.5. The molecule has 5 heteroatoms. The number of hydrogen-bond donors (Lipinski definition) is 3. The van der Waals surface area contributed by atoms with Crippen molar-refractivity contribution >= 4 is 28.4 Å². The standard InChI is InChI=1S/C26H19N3O2/c30-26(31)20-7-3-5-18(15-20)17-11-13-21(14-12-17)27-22-8-4-6-19(16-22)25-28-23-9-1-2-10-24(23)29-25/h1-16,27H,(H,28,29)(H,30,31). The van der Waals surface area contributed by atoms with Gasteiger partial charge in [0.1, 0.15) is 5.82 Å². The van der Waals surface area contributed by atoms with Crippen molar-refractivity contribution in [2.75, 3.05) is 5.32 Å². The maximum absolute atomic E-state index is 11.2. The highest BCUT2D eigenvalue weighted by molar-refractivity contribution is 5.89. The largest absolute Gasteiger partial charge is 0.478 e. The molecule has 0 atom stereocenters. The van der Waals surface area contributed by atoms with Gasteiger partial charge in [0.25, 0.3) is 0 Å². The van der Waals surface area contributed by atoms with E-state index in [0.29, 0.717) is 0 Å². The van der Waals surface area contributed by atoms with Crippen molar-refractivity contribution in [3.8, 4) is 22.5 Å². The number of carboxylic acid groups (broad SMARTS) is 1. The van der Waals surface area contributed by atoms with Crippen LogP contribution in [0.25, 0.3) is 33.5 Å². The van der Waals surface area contributed by atoms with Crippen LogP contribution >= 0.6 is 0 Å². The first-order valence-electron chi connectivity index (χ1n) is 9.92. The van der Waals surface area contributed by atoms with Crippen LogP contribution in [0.1, 0.15) is 10.4 Å². The van der Waals surface area contributed by atoms with Crippen LogP contribution in [0.4, 0.5) is 11.4 Å². The average molecular weight is 405 g/mol. The molecule has 0 bridgehead atoms. The number of aromatic nitrogens is 2. The Kier molecular flexibility index (Phi) is 4.69. The molecule has 0 aliphatic rings. The number of nitrogens with one attached hydrogen (secondary N) is 2. The molecule has 1 heterocycles. The highest BCUT2D eigenvalue weighted by Gasteiger charge is 2.07. The van der Waals surface area contributed by atoms with E-state index in [4.69, 9.17) is 0 Å². The Labute approximate surface area is 179 Å². The topological polar surface area (TPSA) is 78.0 Å². The number of aromatic amines is 1. The minimum Gasteiger partial charge on any atom is -0.478 e. The number of benzene rings is 4. The summed E-state index contributed by atoms with van der Waals surface area (Å²) >= 11 is 0. The lowest BCUT2D eigenvalue weighted by molar-refractivity contribution is 0.0697. The average Bonchev–Trinajstić information content (AvgIpc) is 3.24. The van der Waals surface area contributed by atoms with Crippen molar-refractivity contribution in [3.63, 3.8) is 0 Å². The van der Waals surface area contributed by atoms with Crippen LogP contribution in [0.3, 0.4) is 0 Å². The molecule has 0 fully saturated rings. The number of para-hydroxylation sites is 2. The SMILES string of the molecule is O=C(O)c1cccc(-c2ccc(Nc3cccc(-c4nc5ccccc5[nH]4)c3)cc2)c1. The van der Waals surface area contributed by atoms with E-state index < -0.39 is 5.97 Å². The number of H-pyrrole nitrogens is 1. The van der Waals surface area contributed by atoms with Crippen LogP contribution in [0.2, 0.25) is 0 Å². The van der Waals surface area contributed by atoms with Gasteiger partial charge in [0, 0.05) is 16.9 Å². The van der Waals surface area contributed by atoms with Crippen molar-refractivity contribution in [2.24, 2.45) is 0 Å². The van der Waals surface area contributed by atoms with Gasteiger partial charge in [-0.05, 0) is 59.7 Å². The fourth-order valence-corrected chi connectivity index (χ4v) is 3.58. The van der Waals surface area contributed by atoms with Crippen molar-refractivity contribution in [3.05, 3.63) is 103 Å². The first-order chi connectivity index (χ1) is 15.2. The van der Waals surface area contributed by atoms with E-state index >= 15 is 0 Å². The Morgan fingerprint density at radius 2 is 1.52 bits per heavy atom. The molecule has 0 radical (unpaired) electrons. The van der Waals surface area contributed by atoms with Gasteiger partial charge in [-0.2, -0.15) is 0 Å². The van der Waals surface area contributed by atoms with Crippen molar-refractivity contribution in [2.45, 2.75) is 0 Å². The number of imidazole rings is 1. The molecule has 150 valence electrons. The van der Waals surface area contributed by atoms with Gasteiger partial charge in [0.05, 0.1) is 16.6 Å². The summed E-state index contributed by atoms with van der Waals surface area (Å²) in [4.78, 5) is 19.2. The van der Waals surface area contributed by atoms with Gasteiger partial charge in [-0.15, -0.1) is 0 Å². The van der Waals surface area contributed by atoms with Crippen LogP contribution in [0.15, 0.2) is 97.1 Å². The second kappa shape index (κ2) is 7.80. The lowest BCUT2D eigenvalue weighted by Gasteiger charge is -2.09. The number of aromatic carboxylic acids is 1. The van der Waals surface area contributed by atoms with E-state index in [2.05, 4.69) is 21.4 Å². The summed E-state index contributed by atoms with van der Waals surface area (Å²) in [5.41, 5.74) is 6.98. The van der Waals surface area contributed by atoms with Crippen LogP contribution in [0.5, 0.6) is 0 Å². The fourth-order valence-electron chi connectivity index (χ4n) is 3.58. The highest BCUT2D eigenvalue weighted by atomic mass is 16.4. The fraction of sp³-hybridized carbons (Fsp3) is 0. The zero-order valence-corrected chi connectivity index (χ0v) is 16.5. The smallest absolute Gasteiger partial charge is 0.335 e. The Balaban J connectivity index is 1.37. The third kappa shape index (κ3) is 3.89. The second-order valence-corrected chi connectivity index (χ2v) is 7.27. The van der Waals surface area contributed by atoms with Gasteiger partial charge in [-0.25, -0.2) is 9.78 Å². The molecule has 5 nitrogen and oxygen atoms in total. The first-order valence-corrected chi connectivity index (χ1v) is 9.92. The molecule has 0 aliphatic heterocycles. The molecule has 0 saturated carbocycles. The quantitative estimate of drug-likeness (QED) is 0.319. The van der Waals surface area contributed by atoms with E-state index in [1.165, 1.54) is 0 Å². The summed E-state index contributed by atoms with van der Waals surface area (Å²) in [6, 6.07) is 30.9. The van der Waals surface area contributed by atoms with Crippen LogP contribution in [0, 0.1) is 0 Å². The summed E-state index contributed by atoms with van der Waals surface area (Å²) in [5, 5.41) is 12.6. The summed E-state index contributed by atoms with van der Waals surface area (Å²) in [7, 11) is 0. The number of carboxylic acids is 1. The Hall–Kier alpha value is -4.38. The van der Waals surface area contributed by atoms with Crippen LogP contribution in [-0.2, 0) is 0 Å². The van der Waals surface area contributed by atoms with Crippen molar-refractivity contribution < 1.29 is 9.90 Å². The predicted molar refractivity (Wildman–Crippen MR) is 124 cm³/mol. The van der Waals surface area contributed by atoms with Gasteiger partial charge < -0.3 is 15.4 Å². The number of nitrogens with zero attached hydrogens (tertiary/aromatic N) is 1. The maximum atomic E-state index is 11.2. The molecule has 0 spiro atoms. The summed E-state index contributed by atoms with van der Waals surface area (Å²) in [5.74, 6) is -0.0945. The highest BCUT2D eigenvalue weighted by Crippen LogP contribution is 2.27. The van der Waals surface area contributed by atoms with Gasteiger partial charge in [-0.3, -0.25) is 0 Å². The molecule has 0 saturated heterocycles. The van der Waals surface area contributed by atoms with Crippen LogP contribution in [-0.4, -0.2) is 21.0 Å². The van der Waals surface area contributed by atoms with E-state index in [9.17, 15) is 9.90 Å². The van der Waals surface area contributed by atoms with E-state index in [0.717, 1.165) is 44.9 Å².